The smallest absolute Gasteiger partial charge is 0.227 e. The molecule has 2 rings (SSSR count). The molecule has 86 valence electrons. The van der Waals surface area contributed by atoms with Gasteiger partial charge in [-0.2, -0.15) is 0 Å². The van der Waals surface area contributed by atoms with Crippen molar-refractivity contribution < 1.29 is 9.90 Å². The van der Waals surface area contributed by atoms with Gasteiger partial charge in [0.05, 0.1) is 6.42 Å². The zero-order valence-corrected chi connectivity index (χ0v) is 9.10. The summed E-state index contributed by atoms with van der Waals surface area (Å²) in [6, 6.07) is 7.38. The lowest BCUT2D eigenvalue weighted by molar-refractivity contribution is -0.137. The predicted molar refractivity (Wildman–Crippen MR) is 61.7 cm³/mol. The minimum atomic E-state index is 0.107. The Morgan fingerprint density at radius 3 is 2.88 bits per heavy atom. The summed E-state index contributed by atoms with van der Waals surface area (Å²) < 4.78 is 0. The molecule has 3 N–H and O–H groups in total. The third kappa shape index (κ3) is 2.33. The predicted octanol–water partition coefficient (Wildman–Crippen LogP) is 0.262. The molecule has 16 heavy (non-hydrogen) atoms. The maximum atomic E-state index is 11.8. The van der Waals surface area contributed by atoms with Crippen molar-refractivity contribution >= 4 is 11.6 Å². The van der Waals surface area contributed by atoms with Gasteiger partial charge >= 0.3 is 0 Å². The average molecular weight is 220 g/mol. The topological polar surface area (TPSA) is 66.6 Å². The van der Waals surface area contributed by atoms with Gasteiger partial charge in [-0.05, 0) is 17.7 Å². The first-order valence-corrected chi connectivity index (χ1v) is 5.42. The molecule has 1 aromatic carbocycles. The van der Waals surface area contributed by atoms with E-state index in [1.807, 2.05) is 18.2 Å². The minimum absolute atomic E-state index is 0.107. The summed E-state index contributed by atoms with van der Waals surface area (Å²) in [7, 11) is 0. The van der Waals surface area contributed by atoms with E-state index in [2.05, 4.69) is 0 Å². The number of anilines is 1. The molecule has 1 aliphatic rings. The fourth-order valence-electron chi connectivity index (χ4n) is 1.88. The molecule has 1 amide bonds. The van der Waals surface area contributed by atoms with Gasteiger partial charge in [-0.25, -0.2) is 0 Å². The molecule has 0 unspecified atom stereocenters. The molecule has 0 saturated carbocycles. The van der Waals surface area contributed by atoms with Crippen molar-refractivity contribution in [3.8, 4) is 0 Å². The molecular weight excluding hydrogens is 204 g/mol. The first kappa shape index (κ1) is 11.0. The van der Waals surface area contributed by atoms with E-state index in [0.29, 0.717) is 25.2 Å². The normalized spacial score (nSPS) is 15.9. The van der Waals surface area contributed by atoms with Crippen LogP contribution in [0.25, 0.3) is 0 Å². The van der Waals surface area contributed by atoms with E-state index in [4.69, 9.17) is 10.8 Å². The van der Waals surface area contributed by atoms with Gasteiger partial charge in [0.1, 0.15) is 0 Å². The lowest BCUT2D eigenvalue weighted by atomic mass is 10.00. The quantitative estimate of drug-likeness (QED) is 0.718. The number of hydrogen-bond donors (Lipinski definition) is 2. The van der Waals surface area contributed by atoms with E-state index in [0.717, 1.165) is 5.56 Å². The zero-order valence-electron chi connectivity index (χ0n) is 9.10. The third-order valence-corrected chi connectivity index (χ3v) is 2.87. The van der Waals surface area contributed by atoms with Crippen LogP contribution in [0.2, 0.25) is 0 Å². The number of amides is 1. The Kier molecular flexibility index (Phi) is 3.10. The van der Waals surface area contributed by atoms with Crippen LogP contribution in [0.3, 0.4) is 0 Å². The van der Waals surface area contributed by atoms with E-state index in [-0.39, 0.29) is 18.4 Å². The molecule has 0 aliphatic carbocycles. The Balaban J connectivity index is 1.89. The van der Waals surface area contributed by atoms with Gasteiger partial charge < -0.3 is 15.7 Å². The molecule has 1 aliphatic heterocycles. The van der Waals surface area contributed by atoms with Gasteiger partial charge in [-0.15, -0.1) is 0 Å². The minimum Gasteiger partial charge on any atom is -0.399 e. The summed E-state index contributed by atoms with van der Waals surface area (Å²) in [5.74, 6) is 0.375. The van der Waals surface area contributed by atoms with E-state index in [9.17, 15) is 4.79 Å². The van der Waals surface area contributed by atoms with Crippen LogP contribution in [0, 0.1) is 5.92 Å². The molecule has 4 heteroatoms. The van der Waals surface area contributed by atoms with Crippen molar-refractivity contribution in [2.75, 3.05) is 25.4 Å². The number of benzene rings is 1. The van der Waals surface area contributed by atoms with Gasteiger partial charge in [0, 0.05) is 31.3 Å². The van der Waals surface area contributed by atoms with Crippen LogP contribution in [0.15, 0.2) is 24.3 Å². The van der Waals surface area contributed by atoms with Gasteiger partial charge in [-0.1, -0.05) is 12.1 Å². The van der Waals surface area contributed by atoms with Gasteiger partial charge in [0.25, 0.3) is 0 Å². The fourth-order valence-corrected chi connectivity index (χ4v) is 1.88. The fraction of sp³-hybridized carbons (Fsp3) is 0.417. The number of nitrogens with two attached hydrogens (primary N) is 1. The van der Waals surface area contributed by atoms with Crippen molar-refractivity contribution in [3.05, 3.63) is 29.8 Å². The largest absolute Gasteiger partial charge is 0.399 e. The van der Waals surface area contributed by atoms with Crippen LogP contribution in [-0.4, -0.2) is 35.6 Å². The Bertz CT molecular complexity index is 386. The van der Waals surface area contributed by atoms with Crippen LogP contribution in [0.4, 0.5) is 5.69 Å². The average Bonchev–Trinajstić information content (AvgIpc) is 2.15. The lowest BCUT2D eigenvalue weighted by Crippen LogP contribution is -2.51. The number of carbonyl (C=O) groups excluding carboxylic acids is 1. The van der Waals surface area contributed by atoms with E-state index >= 15 is 0 Å². The Hall–Kier alpha value is -1.55. The summed E-state index contributed by atoms with van der Waals surface area (Å²) in [4.78, 5) is 13.5. The number of rotatable bonds is 3. The monoisotopic (exact) mass is 220 g/mol. The molecule has 4 nitrogen and oxygen atoms in total. The van der Waals surface area contributed by atoms with E-state index in [1.54, 1.807) is 11.0 Å². The van der Waals surface area contributed by atoms with Crippen molar-refractivity contribution in [1.29, 1.82) is 0 Å². The second-order valence-electron chi connectivity index (χ2n) is 4.27. The Labute approximate surface area is 94.7 Å². The number of nitrogen functional groups attached to an aromatic ring is 1. The highest BCUT2D eigenvalue weighted by Crippen LogP contribution is 2.16. The van der Waals surface area contributed by atoms with Crippen LogP contribution < -0.4 is 5.73 Å². The third-order valence-electron chi connectivity index (χ3n) is 2.87. The maximum Gasteiger partial charge on any atom is 0.227 e. The van der Waals surface area contributed by atoms with Gasteiger partial charge in [-0.3, -0.25) is 4.79 Å². The molecule has 1 saturated heterocycles. The number of aliphatic hydroxyl groups is 1. The second-order valence-corrected chi connectivity index (χ2v) is 4.27. The lowest BCUT2D eigenvalue weighted by Gasteiger charge is -2.38. The van der Waals surface area contributed by atoms with Crippen molar-refractivity contribution in [3.63, 3.8) is 0 Å². The number of likely N-dealkylation sites (tertiary alicyclic amines) is 1. The van der Waals surface area contributed by atoms with Crippen molar-refractivity contribution in [1.82, 2.24) is 4.90 Å². The standard InChI is InChI=1S/C12H16N2O2/c13-11-3-1-2-9(4-11)5-12(16)14-6-10(7-14)8-15/h1-4,10,15H,5-8,13H2. The molecule has 0 aromatic heterocycles. The molecule has 0 atom stereocenters. The van der Waals surface area contributed by atoms with Crippen LogP contribution in [0.1, 0.15) is 5.56 Å². The van der Waals surface area contributed by atoms with E-state index in [1.165, 1.54) is 0 Å². The maximum absolute atomic E-state index is 11.8. The molecule has 0 bridgehead atoms. The van der Waals surface area contributed by atoms with Crippen molar-refractivity contribution in [2.45, 2.75) is 6.42 Å². The SMILES string of the molecule is Nc1cccc(CC(=O)N2CC(CO)C2)c1. The summed E-state index contributed by atoms with van der Waals surface area (Å²) in [6.45, 7) is 1.53. The van der Waals surface area contributed by atoms with Crippen LogP contribution >= 0.6 is 0 Å². The Morgan fingerprint density at radius 1 is 1.50 bits per heavy atom. The highest BCUT2D eigenvalue weighted by Gasteiger charge is 2.29. The number of carbonyl (C=O) groups is 1. The van der Waals surface area contributed by atoms with Crippen LogP contribution in [-0.2, 0) is 11.2 Å². The molecule has 0 radical (unpaired) electrons. The number of aliphatic hydroxyl groups excluding tert-OH is 1. The van der Waals surface area contributed by atoms with Gasteiger partial charge in [0.15, 0.2) is 0 Å². The summed E-state index contributed by atoms with van der Waals surface area (Å²) in [5, 5.41) is 8.86. The number of nitrogens with zero attached hydrogens (tertiary/aromatic N) is 1. The second kappa shape index (κ2) is 4.53. The summed E-state index contributed by atoms with van der Waals surface area (Å²) in [5.41, 5.74) is 7.27. The highest BCUT2D eigenvalue weighted by atomic mass is 16.3. The Morgan fingerprint density at radius 2 is 2.25 bits per heavy atom. The van der Waals surface area contributed by atoms with Crippen molar-refractivity contribution in [2.24, 2.45) is 5.92 Å². The zero-order chi connectivity index (χ0) is 11.5. The molecule has 0 spiro atoms. The molecule has 1 aromatic rings. The van der Waals surface area contributed by atoms with Crippen LogP contribution in [0.5, 0.6) is 0 Å². The molecule has 1 fully saturated rings. The van der Waals surface area contributed by atoms with E-state index < -0.39 is 0 Å². The summed E-state index contributed by atoms with van der Waals surface area (Å²) in [6.07, 6.45) is 0.392. The van der Waals surface area contributed by atoms with Gasteiger partial charge in [0.2, 0.25) is 5.91 Å². The first-order valence-electron chi connectivity index (χ1n) is 5.42. The highest BCUT2D eigenvalue weighted by molar-refractivity contribution is 5.79. The molecule has 1 heterocycles. The molecular formula is C12H16N2O2. The number of hydrogen-bond acceptors (Lipinski definition) is 3. The summed E-state index contributed by atoms with van der Waals surface area (Å²) >= 11 is 0. The first-order chi connectivity index (χ1) is 7.69.